The van der Waals surface area contributed by atoms with E-state index in [0.717, 1.165) is 28.7 Å². The van der Waals surface area contributed by atoms with Crippen LogP contribution < -0.4 is 14.8 Å². The first-order valence-corrected chi connectivity index (χ1v) is 13.1. The van der Waals surface area contributed by atoms with Crippen LogP contribution in [-0.4, -0.2) is 22.3 Å². The van der Waals surface area contributed by atoms with Crippen molar-refractivity contribution in [1.82, 2.24) is 15.3 Å². The summed E-state index contributed by atoms with van der Waals surface area (Å²) in [5.41, 5.74) is 5.69. The number of hydrogen-bond acceptors (Lipinski definition) is 6. The third-order valence-corrected chi connectivity index (χ3v) is 6.39. The summed E-state index contributed by atoms with van der Waals surface area (Å²) in [4.78, 5) is 23.3. The second-order valence-electron chi connectivity index (χ2n) is 9.40. The zero-order valence-electron chi connectivity index (χ0n) is 22.6. The molecule has 204 valence electrons. The number of rotatable bonds is 13. The molecule has 0 unspecified atom stereocenters. The highest BCUT2D eigenvalue weighted by Gasteiger charge is 2.13. The summed E-state index contributed by atoms with van der Waals surface area (Å²) in [5, 5.41) is 3.29. The van der Waals surface area contributed by atoms with E-state index < -0.39 is 5.82 Å². The average Bonchev–Trinajstić information content (AvgIpc) is 2.97. The standard InChI is InChI=1S/C32H31FN4O3/c1-22(38)9-8-16-35-18-27-19-36-32(37-31(27)39-20-24-14-15-29(33)30(17-24)34-3)40-21-26-12-7-13-28(23(26)2)25-10-5-4-6-11-25/h4-7,10-15,17,19,35H,8-9,16,18,20-21H2,1-2H3. The van der Waals surface area contributed by atoms with Gasteiger partial charge in [0.05, 0.1) is 6.57 Å². The van der Waals surface area contributed by atoms with E-state index in [9.17, 15) is 9.18 Å². The van der Waals surface area contributed by atoms with Gasteiger partial charge in [0.25, 0.3) is 0 Å². The summed E-state index contributed by atoms with van der Waals surface area (Å²) in [6.07, 6.45) is 2.89. The Morgan fingerprint density at radius 1 is 1.02 bits per heavy atom. The number of Topliss-reactive ketones (excluding diaryl/α,β-unsaturated/α-hetero) is 1. The molecule has 3 aromatic carbocycles. The van der Waals surface area contributed by atoms with Crippen LogP contribution in [0.2, 0.25) is 0 Å². The zero-order valence-corrected chi connectivity index (χ0v) is 22.6. The number of benzene rings is 3. The molecule has 0 fully saturated rings. The molecule has 0 saturated carbocycles. The molecule has 0 aliphatic heterocycles. The largest absolute Gasteiger partial charge is 0.472 e. The zero-order chi connectivity index (χ0) is 28.3. The molecule has 0 aliphatic rings. The van der Waals surface area contributed by atoms with Gasteiger partial charge in [-0.25, -0.2) is 14.2 Å². The van der Waals surface area contributed by atoms with E-state index in [1.165, 1.54) is 12.1 Å². The van der Waals surface area contributed by atoms with Crippen molar-refractivity contribution in [3.63, 3.8) is 0 Å². The normalized spacial score (nSPS) is 10.7. The summed E-state index contributed by atoms with van der Waals surface area (Å²) in [6, 6.07) is 20.7. The van der Waals surface area contributed by atoms with Crippen LogP contribution in [0.15, 0.2) is 72.9 Å². The van der Waals surface area contributed by atoms with Gasteiger partial charge in [-0.3, -0.25) is 0 Å². The first kappa shape index (κ1) is 28.4. The lowest BCUT2D eigenvalue weighted by Crippen LogP contribution is -2.17. The molecule has 1 aromatic heterocycles. The minimum Gasteiger partial charge on any atom is -0.472 e. The van der Waals surface area contributed by atoms with E-state index in [1.54, 1.807) is 19.2 Å². The fourth-order valence-corrected chi connectivity index (χ4v) is 4.18. The topological polar surface area (TPSA) is 77.7 Å². The van der Waals surface area contributed by atoms with Gasteiger partial charge in [-0.1, -0.05) is 54.6 Å². The van der Waals surface area contributed by atoms with E-state index in [1.807, 2.05) is 30.3 Å². The maximum absolute atomic E-state index is 13.8. The fraction of sp³-hybridized carbons (Fsp3) is 0.250. The van der Waals surface area contributed by atoms with E-state index in [2.05, 4.69) is 45.3 Å². The molecular weight excluding hydrogens is 507 g/mol. The maximum atomic E-state index is 13.8. The van der Waals surface area contributed by atoms with Crippen LogP contribution in [0, 0.1) is 19.3 Å². The summed E-state index contributed by atoms with van der Waals surface area (Å²) in [6.45, 7) is 12.2. The van der Waals surface area contributed by atoms with E-state index in [-0.39, 0.29) is 30.7 Å². The SMILES string of the molecule is [C-]#[N+]c1cc(COc2nc(OCc3cccc(-c4ccccc4)c3C)ncc2CNCCCC(C)=O)ccc1F. The van der Waals surface area contributed by atoms with Crippen molar-refractivity contribution in [2.75, 3.05) is 6.54 Å². The second kappa shape index (κ2) is 14.0. The third kappa shape index (κ3) is 7.71. The van der Waals surface area contributed by atoms with Crippen molar-refractivity contribution in [1.29, 1.82) is 0 Å². The van der Waals surface area contributed by atoms with Crippen LogP contribution >= 0.6 is 0 Å². The maximum Gasteiger partial charge on any atom is 0.320 e. The molecule has 7 nitrogen and oxygen atoms in total. The Balaban J connectivity index is 1.49. The van der Waals surface area contributed by atoms with Gasteiger partial charge in [0.1, 0.15) is 24.8 Å². The predicted octanol–water partition coefficient (Wildman–Crippen LogP) is 6.76. The van der Waals surface area contributed by atoms with Crippen LogP contribution in [0.25, 0.3) is 16.0 Å². The fourth-order valence-electron chi connectivity index (χ4n) is 4.18. The van der Waals surface area contributed by atoms with Crippen LogP contribution in [-0.2, 0) is 24.6 Å². The minimum absolute atomic E-state index is 0.0618. The summed E-state index contributed by atoms with van der Waals surface area (Å²) >= 11 is 0. The van der Waals surface area contributed by atoms with Gasteiger partial charge < -0.3 is 19.6 Å². The Labute approximate surface area is 233 Å². The molecule has 4 rings (SSSR count). The van der Waals surface area contributed by atoms with E-state index in [4.69, 9.17) is 16.0 Å². The molecule has 0 saturated heterocycles. The van der Waals surface area contributed by atoms with E-state index >= 15 is 0 Å². The van der Waals surface area contributed by atoms with Crippen molar-refractivity contribution < 1.29 is 18.7 Å². The van der Waals surface area contributed by atoms with Gasteiger partial charge in [-0.15, -0.1) is 0 Å². The number of nitrogens with zero attached hydrogens (tertiary/aromatic N) is 3. The Bertz CT molecular complexity index is 1500. The number of hydrogen-bond donors (Lipinski definition) is 1. The molecule has 8 heteroatoms. The van der Waals surface area contributed by atoms with E-state index in [0.29, 0.717) is 36.5 Å². The van der Waals surface area contributed by atoms with Crippen LogP contribution in [0.4, 0.5) is 10.1 Å². The minimum atomic E-state index is -0.571. The van der Waals surface area contributed by atoms with Gasteiger partial charge in [0.2, 0.25) is 11.6 Å². The highest BCUT2D eigenvalue weighted by Crippen LogP contribution is 2.27. The predicted molar refractivity (Wildman–Crippen MR) is 152 cm³/mol. The summed E-state index contributed by atoms with van der Waals surface area (Å²) in [5.74, 6) is -0.0932. The number of carbonyl (C=O) groups excluding carboxylic acids is 1. The van der Waals surface area contributed by atoms with Gasteiger partial charge >= 0.3 is 6.01 Å². The molecule has 0 radical (unpaired) electrons. The molecule has 4 aromatic rings. The highest BCUT2D eigenvalue weighted by molar-refractivity contribution is 5.75. The molecule has 0 bridgehead atoms. The number of ether oxygens (including phenoxy) is 2. The third-order valence-electron chi connectivity index (χ3n) is 6.39. The molecule has 0 atom stereocenters. The number of nitrogens with one attached hydrogen (secondary N) is 1. The molecule has 1 heterocycles. The van der Waals surface area contributed by atoms with Gasteiger partial charge in [-0.05, 0) is 66.8 Å². The van der Waals surface area contributed by atoms with Crippen molar-refractivity contribution in [3.8, 4) is 23.0 Å². The number of carbonyl (C=O) groups is 1. The monoisotopic (exact) mass is 538 g/mol. The molecular formula is C32H31FN4O3. The van der Waals surface area contributed by atoms with Gasteiger partial charge in [-0.2, -0.15) is 4.98 Å². The van der Waals surface area contributed by atoms with Crippen LogP contribution in [0.5, 0.6) is 11.9 Å². The average molecular weight is 539 g/mol. The molecule has 0 aliphatic carbocycles. The van der Waals surface area contributed by atoms with Gasteiger partial charge in [0, 0.05) is 24.7 Å². The Hall–Kier alpha value is -4.61. The van der Waals surface area contributed by atoms with Crippen molar-refractivity contribution in [3.05, 3.63) is 112 Å². The van der Waals surface area contributed by atoms with Gasteiger partial charge in [0.15, 0.2) is 0 Å². The summed E-state index contributed by atoms with van der Waals surface area (Å²) in [7, 11) is 0. The lowest BCUT2D eigenvalue weighted by Gasteiger charge is -2.14. The smallest absolute Gasteiger partial charge is 0.320 e. The Morgan fingerprint density at radius 3 is 2.62 bits per heavy atom. The first-order valence-electron chi connectivity index (χ1n) is 13.1. The first-order chi connectivity index (χ1) is 19.4. The Morgan fingerprint density at radius 2 is 1.85 bits per heavy atom. The lowest BCUT2D eigenvalue weighted by molar-refractivity contribution is -0.117. The molecule has 1 N–H and O–H groups in total. The Kier molecular flexibility index (Phi) is 9.92. The number of aromatic nitrogens is 2. The number of halogens is 1. The molecule has 0 spiro atoms. The highest BCUT2D eigenvalue weighted by atomic mass is 19.1. The summed E-state index contributed by atoms with van der Waals surface area (Å²) < 4.78 is 25.7. The lowest BCUT2D eigenvalue weighted by atomic mass is 9.97. The molecule has 40 heavy (non-hydrogen) atoms. The quantitative estimate of drug-likeness (QED) is 0.150. The van der Waals surface area contributed by atoms with Crippen LogP contribution in [0.1, 0.15) is 42.0 Å². The second-order valence-corrected chi connectivity index (χ2v) is 9.40. The number of ketones is 1. The van der Waals surface area contributed by atoms with Crippen molar-refractivity contribution in [2.45, 2.75) is 46.4 Å². The van der Waals surface area contributed by atoms with Crippen molar-refractivity contribution >= 4 is 11.5 Å². The van der Waals surface area contributed by atoms with Crippen molar-refractivity contribution in [2.24, 2.45) is 0 Å². The van der Waals surface area contributed by atoms with Crippen LogP contribution in [0.3, 0.4) is 0 Å². The molecule has 0 amide bonds.